The van der Waals surface area contributed by atoms with Crippen molar-refractivity contribution in [2.45, 2.75) is 19.4 Å². The molecule has 0 saturated carbocycles. The maximum absolute atomic E-state index is 12.9. The Morgan fingerprint density at radius 2 is 1.92 bits per heavy atom. The lowest BCUT2D eigenvalue weighted by Crippen LogP contribution is -2.42. The summed E-state index contributed by atoms with van der Waals surface area (Å²) in [5, 5.41) is 12.0. The first-order valence-electron chi connectivity index (χ1n) is 8.58. The smallest absolute Gasteiger partial charge is 0.272 e. The Morgan fingerprint density at radius 1 is 1.23 bits per heavy atom. The number of amides is 1. The molecule has 1 atom stereocenters. The molecule has 1 aliphatic heterocycles. The molecule has 0 bridgehead atoms. The van der Waals surface area contributed by atoms with Crippen molar-refractivity contribution in [3.8, 4) is 0 Å². The van der Waals surface area contributed by atoms with Gasteiger partial charge in [-0.25, -0.2) is 0 Å². The second kappa shape index (κ2) is 7.78. The molecule has 3 rings (SSSR count). The number of nitrogens with zero attached hydrogens (tertiary/aromatic N) is 2. The Balaban J connectivity index is 1.83. The normalized spacial score (nSPS) is 16.6. The Hall–Kier alpha value is -3.21. The van der Waals surface area contributed by atoms with Gasteiger partial charge in [0.05, 0.1) is 11.7 Å². The maximum atomic E-state index is 12.9. The number of hydrogen-bond acceptors (Lipinski definition) is 4. The van der Waals surface area contributed by atoms with Crippen molar-refractivity contribution >= 4 is 24.0 Å². The molecule has 0 aliphatic carbocycles. The summed E-state index contributed by atoms with van der Waals surface area (Å²) in [7, 11) is 0. The van der Waals surface area contributed by atoms with Gasteiger partial charge in [-0.1, -0.05) is 54.6 Å². The third-order valence-electron chi connectivity index (χ3n) is 4.66. The Labute approximate surface area is 153 Å². The van der Waals surface area contributed by atoms with Gasteiger partial charge in [-0.15, -0.1) is 0 Å². The van der Waals surface area contributed by atoms with Crippen LogP contribution >= 0.6 is 0 Å². The van der Waals surface area contributed by atoms with Crippen LogP contribution in [0.15, 0.2) is 65.8 Å². The molecule has 5 heteroatoms. The summed E-state index contributed by atoms with van der Waals surface area (Å²) < 4.78 is 0. The first-order valence-corrected chi connectivity index (χ1v) is 8.58. The number of hydrogen-bond donors (Lipinski definition) is 2. The third kappa shape index (κ3) is 3.57. The average Bonchev–Trinajstić information content (AvgIpc) is 2.68. The van der Waals surface area contributed by atoms with Crippen molar-refractivity contribution in [1.29, 1.82) is 5.41 Å². The van der Waals surface area contributed by atoms with Crippen molar-refractivity contribution in [3.05, 3.63) is 77.4 Å². The van der Waals surface area contributed by atoms with Gasteiger partial charge in [-0.3, -0.25) is 15.6 Å². The van der Waals surface area contributed by atoms with Crippen LogP contribution in [0.5, 0.6) is 0 Å². The molecule has 1 amide bonds. The largest absolute Gasteiger partial charge is 0.330 e. The summed E-state index contributed by atoms with van der Waals surface area (Å²) in [5.74, 6) is -0.286. The lowest BCUT2D eigenvalue weighted by Gasteiger charge is -2.35. The lowest BCUT2D eigenvalue weighted by atomic mass is 9.93. The van der Waals surface area contributed by atoms with Crippen LogP contribution in [-0.4, -0.2) is 29.8 Å². The van der Waals surface area contributed by atoms with Crippen LogP contribution < -0.4 is 5.43 Å². The highest BCUT2D eigenvalue weighted by Crippen LogP contribution is 2.29. The summed E-state index contributed by atoms with van der Waals surface area (Å²) in [6, 6.07) is 17.6. The van der Waals surface area contributed by atoms with Crippen LogP contribution in [-0.2, 0) is 11.2 Å². The summed E-state index contributed by atoms with van der Waals surface area (Å²) in [5.41, 5.74) is 6.54. The molecule has 0 radical (unpaired) electrons. The van der Waals surface area contributed by atoms with Gasteiger partial charge in [0, 0.05) is 13.3 Å². The van der Waals surface area contributed by atoms with Crippen molar-refractivity contribution in [1.82, 2.24) is 10.3 Å². The summed E-state index contributed by atoms with van der Waals surface area (Å²) in [6.07, 6.45) is 2.32. The molecule has 2 aromatic rings. The van der Waals surface area contributed by atoms with E-state index in [9.17, 15) is 4.79 Å². The quantitative estimate of drug-likeness (QED) is 0.643. The van der Waals surface area contributed by atoms with E-state index in [-0.39, 0.29) is 17.7 Å². The van der Waals surface area contributed by atoms with E-state index < -0.39 is 0 Å². The third-order valence-corrected chi connectivity index (χ3v) is 4.66. The molecule has 2 aromatic carbocycles. The predicted molar refractivity (Wildman–Crippen MR) is 105 cm³/mol. The van der Waals surface area contributed by atoms with E-state index in [2.05, 4.69) is 29.4 Å². The number of benzene rings is 2. The lowest BCUT2D eigenvalue weighted by molar-refractivity contribution is -0.126. The first kappa shape index (κ1) is 17.6. The number of carbonyl (C=O) groups excluding carboxylic acids is 1. The van der Waals surface area contributed by atoms with Gasteiger partial charge in [0.2, 0.25) is 0 Å². The Kier molecular flexibility index (Phi) is 5.27. The fourth-order valence-electron chi connectivity index (χ4n) is 3.29. The van der Waals surface area contributed by atoms with Gasteiger partial charge in [-0.05, 0) is 36.1 Å². The molecule has 26 heavy (non-hydrogen) atoms. The molecule has 0 unspecified atom stereocenters. The molecule has 2 N–H and O–H groups in total. The van der Waals surface area contributed by atoms with E-state index in [1.54, 1.807) is 4.90 Å². The van der Waals surface area contributed by atoms with Crippen molar-refractivity contribution in [3.63, 3.8) is 0 Å². The summed E-state index contributed by atoms with van der Waals surface area (Å²) >= 11 is 0. The van der Waals surface area contributed by atoms with E-state index in [4.69, 9.17) is 5.41 Å². The van der Waals surface area contributed by atoms with Gasteiger partial charge in [0.1, 0.15) is 5.71 Å². The minimum atomic E-state index is -0.286. The number of nitrogens with one attached hydrogen (secondary N) is 2. The van der Waals surface area contributed by atoms with E-state index in [1.165, 1.54) is 11.6 Å². The van der Waals surface area contributed by atoms with Gasteiger partial charge < -0.3 is 4.90 Å². The Morgan fingerprint density at radius 3 is 2.65 bits per heavy atom. The van der Waals surface area contributed by atoms with Gasteiger partial charge in [-0.2, -0.15) is 5.10 Å². The zero-order valence-corrected chi connectivity index (χ0v) is 14.8. The van der Waals surface area contributed by atoms with E-state index in [0.717, 1.165) is 17.5 Å². The fraction of sp³-hybridized carbons (Fsp3) is 0.190. The molecule has 0 fully saturated rings. The standard InChI is InChI=1S/C21H22N4O/c1-15-18-11-7-6-8-16(18)12-13-25(15)21(26)19(22)14-20(24-23-2)17-9-4-3-5-10-17/h3-11,14-15,22,24H,2,12-13H2,1H3/b20-14-,22-19?/t15-/m1/s1. The first-order chi connectivity index (χ1) is 12.6. The van der Waals surface area contributed by atoms with Gasteiger partial charge >= 0.3 is 0 Å². The second-order valence-electron chi connectivity index (χ2n) is 6.23. The van der Waals surface area contributed by atoms with Crippen molar-refractivity contribution in [2.24, 2.45) is 5.10 Å². The highest BCUT2D eigenvalue weighted by molar-refractivity contribution is 6.43. The van der Waals surface area contributed by atoms with Crippen LogP contribution in [0, 0.1) is 5.41 Å². The second-order valence-corrected chi connectivity index (χ2v) is 6.23. The molecular weight excluding hydrogens is 324 g/mol. The summed E-state index contributed by atoms with van der Waals surface area (Å²) in [4.78, 5) is 14.6. The average molecular weight is 346 g/mol. The van der Waals surface area contributed by atoms with Crippen LogP contribution in [0.3, 0.4) is 0 Å². The molecule has 1 heterocycles. The molecule has 1 aliphatic rings. The number of rotatable bonds is 5. The fourth-order valence-corrected chi connectivity index (χ4v) is 3.29. The number of carbonyl (C=O) groups is 1. The van der Waals surface area contributed by atoms with Crippen LogP contribution in [0.1, 0.15) is 29.7 Å². The minimum absolute atomic E-state index is 0.0492. The summed E-state index contributed by atoms with van der Waals surface area (Å²) in [6.45, 7) is 6.06. The van der Waals surface area contributed by atoms with Crippen LogP contribution in [0.25, 0.3) is 5.70 Å². The Bertz CT molecular complexity index is 857. The number of hydrazone groups is 1. The topological polar surface area (TPSA) is 68.5 Å². The zero-order chi connectivity index (χ0) is 18.5. The van der Waals surface area contributed by atoms with E-state index >= 15 is 0 Å². The zero-order valence-electron chi connectivity index (χ0n) is 14.8. The van der Waals surface area contributed by atoms with Gasteiger partial charge in [0.15, 0.2) is 0 Å². The molecule has 0 aromatic heterocycles. The monoisotopic (exact) mass is 346 g/mol. The SMILES string of the molecule is C=NN/C(=C\C(=N)C(=O)N1CCc2ccccc2[C@H]1C)c1ccccc1. The van der Waals surface area contributed by atoms with E-state index in [0.29, 0.717) is 12.2 Å². The molecule has 0 spiro atoms. The van der Waals surface area contributed by atoms with E-state index in [1.807, 2.05) is 49.4 Å². The van der Waals surface area contributed by atoms with Gasteiger partial charge in [0.25, 0.3) is 5.91 Å². The predicted octanol–water partition coefficient (Wildman–Crippen LogP) is 3.40. The van der Waals surface area contributed by atoms with Crippen molar-refractivity contribution in [2.75, 3.05) is 6.54 Å². The van der Waals surface area contributed by atoms with Crippen LogP contribution in [0.2, 0.25) is 0 Å². The maximum Gasteiger partial charge on any atom is 0.272 e. The highest BCUT2D eigenvalue weighted by Gasteiger charge is 2.28. The minimum Gasteiger partial charge on any atom is -0.330 e. The molecule has 0 saturated heterocycles. The van der Waals surface area contributed by atoms with Crippen molar-refractivity contribution < 1.29 is 4.79 Å². The van der Waals surface area contributed by atoms with Crippen LogP contribution in [0.4, 0.5) is 0 Å². The molecular formula is C21H22N4O. The molecule has 132 valence electrons. The highest BCUT2D eigenvalue weighted by atomic mass is 16.2. The number of fused-ring (bicyclic) bond motifs is 1. The molecule has 5 nitrogen and oxygen atoms in total.